The third-order valence-corrected chi connectivity index (χ3v) is 8.38. The van der Waals surface area contributed by atoms with Gasteiger partial charge in [0.2, 0.25) is 5.91 Å². The molecule has 0 unspecified atom stereocenters. The van der Waals surface area contributed by atoms with Crippen molar-refractivity contribution >= 4 is 16.9 Å². The normalized spacial score (nSPS) is 18.7. The predicted octanol–water partition coefficient (Wildman–Crippen LogP) is 5.39. The smallest absolute Gasteiger partial charge is 0.226 e. The number of pyridine rings is 1. The molecule has 2 aromatic carbocycles. The minimum absolute atomic E-state index is 0.0101. The third-order valence-electron chi connectivity index (χ3n) is 8.38. The van der Waals surface area contributed by atoms with Gasteiger partial charge in [-0.25, -0.2) is 9.67 Å². The lowest BCUT2D eigenvalue weighted by atomic mass is 9.93. The topological polar surface area (TPSA) is 86.9 Å². The maximum atomic E-state index is 13.7. The molecule has 0 saturated heterocycles. The average Bonchev–Trinajstić information content (AvgIpc) is 3.68. The first-order chi connectivity index (χ1) is 20.0. The molecule has 3 aromatic heterocycles. The number of para-hydroxylation sites is 1. The Bertz CT molecular complexity index is 1640. The van der Waals surface area contributed by atoms with E-state index < -0.39 is 0 Å². The fourth-order valence-corrected chi connectivity index (χ4v) is 6.27. The van der Waals surface area contributed by atoms with E-state index in [4.69, 9.17) is 9.84 Å². The number of carbonyl (C=O) groups excluding carboxylic acids is 1. The second-order valence-corrected chi connectivity index (χ2v) is 11.1. The molecule has 41 heavy (non-hydrogen) atoms. The van der Waals surface area contributed by atoms with E-state index in [0.717, 1.165) is 65.1 Å². The molecule has 8 heteroatoms. The lowest BCUT2D eigenvalue weighted by molar-refractivity contribution is -0.121. The number of aryl methyl sites for hydroxylation is 1. The summed E-state index contributed by atoms with van der Waals surface area (Å²) in [6, 6.07) is 22.7. The van der Waals surface area contributed by atoms with Gasteiger partial charge in [0.1, 0.15) is 0 Å². The largest absolute Gasteiger partial charge is 0.385 e. The molecule has 1 aliphatic carbocycles. The van der Waals surface area contributed by atoms with Crippen molar-refractivity contribution in [3.8, 4) is 16.9 Å². The van der Waals surface area contributed by atoms with Gasteiger partial charge >= 0.3 is 0 Å². The summed E-state index contributed by atoms with van der Waals surface area (Å²) in [5.74, 6) is 0.814. The van der Waals surface area contributed by atoms with Crippen molar-refractivity contribution in [2.45, 2.75) is 44.6 Å². The standard InChI is InChI=1S/C33H36N6O2/c1-22-30(19-31(40)36-29-17-23(14-15-41-3)16-28(29)24-10-6-4-7-11-24)39(27-12-8-5-9-13-27)37-32(22)25-18-26-21-35-38(2)33(26)34-20-25/h4-13,18,20-21,23,28-29H,14-17,19H2,1-3H3,(H,36,40)/t23-,28-,29+/m0/s1. The molecule has 3 heterocycles. The van der Waals surface area contributed by atoms with Crippen molar-refractivity contribution in [2.24, 2.45) is 13.0 Å². The monoisotopic (exact) mass is 548 g/mol. The van der Waals surface area contributed by atoms with Crippen LogP contribution in [0, 0.1) is 12.8 Å². The predicted molar refractivity (Wildman–Crippen MR) is 160 cm³/mol. The number of nitrogens with zero attached hydrogens (tertiary/aromatic N) is 5. The van der Waals surface area contributed by atoms with Gasteiger partial charge in [0.05, 0.1) is 29.7 Å². The van der Waals surface area contributed by atoms with Gasteiger partial charge in [0.15, 0.2) is 5.65 Å². The van der Waals surface area contributed by atoms with E-state index in [0.29, 0.717) is 5.92 Å². The van der Waals surface area contributed by atoms with Gasteiger partial charge in [0.25, 0.3) is 0 Å². The average molecular weight is 549 g/mol. The molecular formula is C33H36N6O2. The number of benzene rings is 2. The molecule has 3 atom stereocenters. The zero-order valence-electron chi connectivity index (χ0n) is 23.8. The fraction of sp³-hybridized carbons (Fsp3) is 0.333. The Balaban J connectivity index is 1.30. The summed E-state index contributed by atoms with van der Waals surface area (Å²) < 4.78 is 9.03. The van der Waals surface area contributed by atoms with Gasteiger partial charge in [-0.1, -0.05) is 48.5 Å². The molecular weight excluding hydrogens is 512 g/mol. The van der Waals surface area contributed by atoms with Crippen LogP contribution in [0.1, 0.15) is 42.0 Å². The zero-order chi connectivity index (χ0) is 28.3. The van der Waals surface area contributed by atoms with Gasteiger partial charge in [0, 0.05) is 49.9 Å². The fourth-order valence-electron chi connectivity index (χ4n) is 6.27. The van der Waals surface area contributed by atoms with Gasteiger partial charge in [-0.2, -0.15) is 10.2 Å². The summed E-state index contributed by atoms with van der Waals surface area (Å²) in [6.07, 6.45) is 6.89. The van der Waals surface area contributed by atoms with Crippen LogP contribution in [0.5, 0.6) is 0 Å². The summed E-state index contributed by atoms with van der Waals surface area (Å²) >= 11 is 0. The lowest BCUT2D eigenvalue weighted by Gasteiger charge is -2.21. The number of ether oxygens (including phenoxy) is 1. The maximum absolute atomic E-state index is 13.7. The molecule has 0 radical (unpaired) electrons. The van der Waals surface area contributed by atoms with Crippen LogP contribution < -0.4 is 5.32 Å². The summed E-state index contributed by atoms with van der Waals surface area (Å²) in [4.78, 5) is 18.4. The number of hydrogen-bond acceptors (Lipinski definition) is 5. The van der Waals surface area contributed by atoms with Crippen molar-refractivity contribution in [1.29, 1.82) is 0 Å². The molecule has 8 nitrogen and oxygen atoms in total. The molecule has 1 fully saturated rings. The minimum Gasteiger partial charge on any atom is -0.385 e. The highest BCUT2D eigenvalue weighted by atomic mass is 16.5. The van der Waals surface area contributed by atoms with Crippen LogP contribution in [-0.2, 0) is 23.0 Å². The highest BCUT2D eigenvalue weighted by molar-refractivity contribution is 5.83. The van der Waals surface area contributed by atoms with Crippen molar-refractivity contribution in [1.82, 2.24) is 29.9 Å². The zero-order valence-corrected chi connectivity index (χ0v) is 23.8. The van der Waals surface area contributed by atoms with Gasteiger partial charge in [-0.15, -0.1) is 0 Å². The Morgan fingerprint density at radius 3 is 2.56 bits per heavy atom. The van der Waals surface area contributed by atoms with Crippen molar-refractivity contribution in [3.63, 3.8) is 0 Å². The second-order valence-electron chi connectivity index (χ2n) is 11.1. The van der Waals surface area contributed by atoms with Crippen LogP contribution in [0.25, 0.3) is 28.0 Å². The van der Waals surface area contributed by atoms with Crippen LogP contribution in [-0.4, -0.2) is 50.2 Å². The Morgan fingerprint density at radius 1 is 1.05 bits per heavy atom. The van der Waals surface area contributed by atoms with E-state index in [-0.39, 0.29) is 24.3 Å². The first-order valence-corrected chi connectivity index (χ1v) is 14.3. The molecule has 1 N–H and O–H groups in total. The van der Waals surface area contributed by atoms with E-state index in [1.165, 1.54) is 5.56 Å². The summed E-state index contributed by atoms with van der Waals surface area (Å²) in [6.45, 7) is 2.78. The Morgan fingerprint density at radius 2 is 1.80 bits per heavy atom. The van der Waals surface area contributed by atoms with Crippen LogP contribution >= 0.6 is 0 Å². The van der Waals surface area contributed by atoms with Crippen LogP contribution in [0.15, 0.2) is 79.1 Å². The molecule has 1 amide bonds. The van der Waals surface area contributed by atoms with Crippen LogP contribution in [0.3, 0.4) is 0 Å². The molecule has 0 aliphatic heterocycles. The Hall–Kier alpha value is -4.30. The SMILES string of the molecule is COCC[C@@H]1C[C@@H](NC(=O)Cc2c(C)c(-c3cnc4c(cnn4C)c3)nn2-c2ccccc2)[C@H](c2ccccc2)C1. The van der Waals surface area contributed by atoms with Gasteiger partial charge in [-0.05, 0) is 61.4 Å². The maximum Gasteiger partial charge on any atom is 0.226 e. The first kappa shape index (κ1) is 26.9. The number of fused-ring (bicyclic) bond motifs is 1. The van der Waals surface area contributed by atoms with Crippen LogP contribution in [0.4, 0.5) is 0 Å². The number of aromatic nitrogens is 5. The van der Waals surface area contributed by atoms with Gasteiger partial charge < -0.3 is 10.1 Å². The lowest BCUT2D eigenvalue weighted by Crippen LogP contribution is -2.38. The first-order valence-electron chi connectivity index (χ1n) is 14.3. The van der Waals surface area contributed by atoms with E-state index >= 15 is 0 Å². The number of methoxy groups -OCH3 is 1. The Kier molecular flexibility index (Phi) is 7.65. The molecule has 5 aromatic rings. The third kappa shape index (κ3) is 5.52. The number of rotatable bonds is 9. The summed E-state index contributed by atoms with van der Waals surface area (Å²) in [5, 5.41) is 13.7. The quantitative estimate of drug-likeness (QED) is 0.267. The molecule has 0 spiro atoms. The number of nitrogens with one attached hydrogen (secondary N) is 1. The van der Waals surface area contributed by atoms with Crippen molar-refractivity contribution in [3.05, 3.63) is 95.9 Å². The summed E-state index contributed by atoms with van der Waals surface area (Å²) in [5.41, 5.74) is 6.59. The number of carbonyl (C=O) groups is 1. The molecule has 6 rings (SSSR count). The highest BCUT2D eigenvalue weighted by Crippen LogP contribution is 2.40. The number of amides is 1. The molecule has 1 aliphatic rings. The molecule has 210 valence electrons. The van der Waals surface area contributed by atoms with Crippen molar-refractivity contribution in [2.75, 3.05) is 13.7 Å². The van der Waals surface area contributed by atoms with E-state index in [1.54, 1.807) is 11.8 Å². The highest BCUT2D eigenvalue weighted by Gasteiger charge is 2.36. The Labute approximate surface area is 240 Å². The summed E-state index contributed by atoms with van der Waals surface area (Å²) in [7, 11) is 3.63. The van der Waals surface area contributed by atoms with Crippen LogP contribution in [0.2, 0.25) is 0 Å². The number of hydrogen-bond donors (Lipinski definition) is 1. The van der Waals surface area contributed by atoms with E-state index in [1.807, 2.05) is 67.4 Å². The van der Waals surface area contributed by atoms with E-state index in [2.05, 4.69) is 45.7 Å². The minimum atomic E-state index is 0.0101. The van der Waals surface area contributed by atoms with E-state index in [9.17, 15) is 4.79 Å². The second kappa shape index (κ2) is 11.7. The molecule has 0 bridgehead atoms. The molecule has 1 saturated carbocycles. The van der Waals surface area contributed by atoms with Gasteiger partial charge in [-0.3, -0.25) is 9.48 Å². The van der Waals surface area contributed by atoms with Crippen molar-refractivity contribution < 1.29 is 9.53 Å².